The van der Waals surface area contributed by atoms with Crippen LogP contribution >= 0.6 is 11.3 Å². The van der Waals surface area contributed by atoms with E-state index in [1.165, 1.54) is 26.4 Å². The molecule has 4 rings (SSSR count). The monoisotopic (exact) mass is 346 g/mol. The van der Waals surface area contributed by atoms with Gasteiger partial charge in [0, 0.05) is 12.6 Å². The Morgan fingerprint density at radius 3 is 3.12 bits per heavy atom. The smallest absolute Gasteiger partial charge is 0.323 e. The Morgan fingerprint density at radius 2 is 2.33 bits per heavy atom. The summed E-state index contributed by atoms with van der Waals surface area (Å²) in [5, 5.41) is 2.01. The Balaban J connectivity index is 1.55. The van der Waals surface area contributed by atoms with Crippen molar-refractivity contribution in [2.75, 3.05) is 7.11 Å². The minimum atomic E-state index is -0.148. The summed E-state index contributed by atoms with van der Waals surface area (Å²) in [7, 11) is 1.48. The number of likely N-dealkylation sites (tertiary alicyclic amines) is 1. The number of esters is 1. The fraction of sp³-hybridized carbons (Fsp3) is 0.556. The third-order valence-corrected chi connectivity index (χ3v) is 6.18. The van der Waals surface area contributed by atoms with Crippen molar-refractivity contribution in [3.63, 3.8) is 0 Å². The Bertz CT molecular complexity index is 697. The van der Waals surface area contributed by atoms with Crippen LogP contribution in [0, 0.1) is 5.92 Å². The molecule has 0 N–H and O–H groups in total. The summed E-state index contributed by atoms with van der Waals surface area (Å²) in [6.07, 6.45) is 7.52. The van der Waals surface area contributed by atoms with Gasteiger partial charge in [0.2, 0.25) is 5.89 Å². The van der Waals surface area contributed by atoms with Crippen LogP contribution in [0.4, 0.5) is 0 Å². The number of ether oxygens (including phenoxy) is 1. The van der Waals surface area contributed by atoms with Gasteiger partial charge in [0.05, 0.1) is 17.7 Å². The van der Waals surface area contributed by atoms with E-state index >= 15 is 0 Å². The van der Waals surface area contributed by atoms with E-state index in [2.05, 4.69) is 9.88 Å². The Labute approximate surface area is 145 Å². The van der Waals surface area contributed by atoms with Crippen LogP contribution < -0.4 is 0 Å². The molecule has 2 aliphatic rings. The first kappa shape index (κ1) is 15.8. The molecule has 3 heterocycles. The molecule has 2 aromatic rings. The van der Waals surface area contributed by atoms with Crippen molar-refractivity contribution >= 4 is 17.3 Å². The zero-order chi connectivity index (χ0) is 16.5. The highest BCUT2D eigenvalue weighted by Crippen LogP contribution is 2.41. The van der Waals surface area contributed by atoms with Gasteiger partial charge in [-0.05, 0) is 36.6 Å². The van der Waals surface area contributed by atoms with E-state index in [0.717, 1.165) is 23.4 Å². The number of rotatable bonds is 4. The summed E-state index contributed by atoms with van der Waals surface area (Å²) >= 11 is 1.62. The lowest BCUT2D eigenvalue weighted by Gasteiger charge is -2.32. The van der Waals surface area contributed by atoms with Gasteiger partial charge in [-0.25, -0.2) is 4.98 Å². The lowest BCUT2D eigenvalue weighted by Crippen LogP contribution is -2.42. The van der Waals surface area contributed by atoms with Gasteiger partial charge in [-0.2, -0.15) is 0 Å². The average Bonchev–Trinajstić information content (AvgIpc) is 3.34. The maximum atomic E-state index is 12.2. The van der Waals surface area contributed by atoms with Crippen LogP contribution in [0.25, 0.3) is 10.8 Å². The van der Waals surface area contributed by atoms with Crippen LogP contribution in [0.5, 0.6) is 0 Å². The van der Waals surface area contributed by atoms with Gasteiger partial charge in [-0.15, -0.1) is 11.3 Å². The predicted molar refractivity (Wildman–Crippen MR) is 91.5 cm³/mol. The number of methoxy groups -OCH3 is 1. The SMILES string of the molecule is COC(=O)[C@@H]1C[C@@H]2CCCC[C@H]2N1Cc1coc(-c2cccs2)n1. The van der Waals surface area contributed by atoms with Gasteiger partial charge < -0.3 is 9.15 Å². The number of oxazole rings is 1. The van der Waals surface area contributed by atoms with Crippen molar-refractivity contribution in [1.82, 2.24) is 9.88 Å². The summed E-state index contributed by atoms with van der Waals surface area (Å²) in [5.41, 5.74) is 0.888. The lowest BCUT2D eigenvalue weighted by atomic mass is 9.85. The van der Waals surface area contributed by atoms with E-state index in [1.807, 2.05) is 17.5 Å². The van der Waals surface area contributed by atoms with Crippen molar-refractivity contribution in [3.05, 3.63) is 29.5 Å². The topological polar surface area (TPSA) is 55.6 Å². The van der Waals surface area contributed by atoms with Crippen LogP contribution in [0.1, 0.15) is 37.8 Å². The van der Waals surface area contributed by atoms with Gasteiger partial charge in [0.1, 0.15) is 12.3 Å². The molecule has 0 aromatic carbocycles. The number of thiophene rings is 1. The number of fused-ring (bicyclic) bond motifs is 1. The Morgan fingerprint density at radius 1 is 1.46 bits per heavy atom. The quantitative estimate of drug-likeness (QED) is 0.790. The Hall–Kier alpha value is -1.66. The van der Waals surface area contributed by atoms with Crippen LogP contribution in [-0.4, -0.2) is 35.0 Å². The van der Waals surface area contributed by atoms with E-state index in [4.69, 9.17) is 9.15 Å². The van der Waals surface area contributed by atoms with Gasteiger partial charge in [0.25, 0.3) is 0 Å². The first-order chi connectivity index (χ1) is 11.8. The minimum Gasteiger partial charge on any atom is -0.468 e. The van der Waals surface area contributed by atoms with Crippen molar-refractivity contribution in [3.8, 4) is 10.8 Å². The molecular formula is C18H22N2O3S. The summed E-state index contributed by atoms with van der Waals surface area (Å²) in [4.78, 5) is 20.2. The summed E-state index contributed by atoms with van der Waals surface area (Å²) in [6, 6.07) is 4.31. The van der Waals surface area contributed by atoms with Crippen LogP contribution in [0.2, 0.25) is 0 Å². The molecule has 1 saturated heterocycles. The molecule has 5 nitrogen and oxygen atoms in total. The second-order valence-electron chi connectivity index (χ2n) is 6.68. The van der Waals surface area contributed by atoms with Crippen LogP contribution in [-0.2, 0) is 16.1 Å². The third-order valence-electron chi connectivity index (χ3n) is 5.32. The van der Waals surface area contributed by atoms with Gasteiger partial charge in [0.15, 0.2) is 0 Å². The molecule has 6 heteroatoms. The van der Waals surface area contributed by atoms with Crippen molar-refractivity contribution in [2.45, 2.75) is 50.7 Å². The molecule has 1 aliphatic carbocycles. The number of nitrogens with zero attached hydrogens (tertiary/aromatic N) is 2. The zero-order valence-corrected chi connectivity index (χ0v) is 14.6. The number of hydrogen-bond donors (Lipinski definition) is 0. The molecule has 0 unspecified atom stereocenters. The number of aromatic nitrogens is 1. The van der Waals surface area contributed by atoms with E-state index in [0.29, 0.717) is 24.4 Å². The normalized spacial score (nSPS) is 27.1. The van der Waals surface area contributed by atoms with Crippen molar-refractivity contribution < 1.29 is 13.9 Å². The molecule has 1 saturated carbocycles. The first-order valence-corrected chi connectivity index (χ1v) is 9.46. The third kappa shape index (κ3) is 2.89. The molecule has 0 radical (unpaired) electrons. The molecule has 128 valence electrons. The molecule has 0 spiro atoms. The standard InChI is InChI=1S/C18H22N2O3S/c1-22-18(21)15-9-12-5-2-3-6-14(12)20(15)10-13-11-23-17(19-13)16-7-4-8-24-16/h4,7-8,11-12,14-15H,2-3,5-6,9-10H2,1H3/t12-,14+,15-/m0/s1. The largest absolute Gasteiger partial charge is 0.468 e. The molecule has 0 bridgehead atoms. The molecule has 2 fully saturated rings. The van der Waals surface area contributed by atoms with Gasteiger partial charge in [-0.3, -0.25) is 9.69 Å². The fourth-order valence-corrected chi connectivity index (χ4v) is 4.88. The van der Waals surface area contributed by atoms with Crippen molar-refractivity contribution in [2.24, 2.45) is 5.92 Å². The van der Waals surface area contributed by atoms with E-state index in [9.17, 15) is 4.79 Å². The summed E-state index contributed by atoms with van der Waals surface area (Å²) < 4.78 is 10.7. The summed E-state index contributed by atoms with van der Waals surface area (Å²) in [6.45, 7) is 0.649. The summed E-state index contributed by atoms with van der Waals surface area (Å²) in [5.74, 6) is 1.15. The highest BCUT2D eigenvalue weighted by Gasteiger charge is 2.45. The van der Waals surface area contributed by atoms with Gasteiger partial charge >= 0.3 is 5.97 Å². The van der Waals surface area contributed by atoms with E-state index < -0.39 is 0 Å². The fourth-order valence-electron chi connectivity index (χ4n) is 4.23. The lowest BCUT2D eigenvalue weighted by molar-refractivity contribution is -0.146. The average molecular weight is 346 g/mol. The predicted octanol–water partition coefficient (Wildman–Crippen LogP) is 3.71. The molecule has 2 aromatic heterocycles. The van der Waals surface area contributed by atoms with Gasteiger partial charge in [-0.1, -0.05) is 18.9 Å². The second kappa shape index (κ2) is 6.69. The highest BCUT2D eigenvalue weighted by atomic mass is 32.1. The van der Waals surface area contributed by atoms with Crippen LogP contribution in [0.15, 0.2) is 28.2 Å². The number of hydrogen-bond acceptors (Lipinski definition) is 6. The van der Waals surface area contributed by atoms with E-state index in [-0.39, 0.29) is 12.0 Å². The minimum absolute atomic E-state index is 0.119. The number of carbonyl (C=O) groups is 1. The maximum absolute atomic E-state index is 12.2. The number of carbonyl (C=O) groups excluding carboxylic acids is 1. The highest BCUT2D eigenvalue weighted by molar-refractivity contribution is 7.13. The molecule has 0 amide bonds. The van der Waals surface area contributed by atoms with Crippen molar-refractivity contribution in [1.29, 1.82) is 0 Å². The molecule has 1 aliphatic heterocycles. The zero-order valence-electron chi connectivity index (χ0n) is 13.8. The molecular weight excluding hydrogens is 324 g/mol. The Kier molecular flexibility index (Phi) is 4.41. The van der Waals surface area contributed by atoms with Crippen LogP contribution in [0.3, 0.4) is 0 Å². The first-order valence-electron chi connectivity index (χ1n) is 8.58. The molecule has 24 heavy (non-hydrogen) atoms. The molecule has 3 atom stereocenters. The second-order valence-corrected chi connectivity index (χ2v) is 7.63. The maximum Gasteiger partial charge on any atom is 0.323 e. The van der Waals surface area contributed by atoms with E-state index in [1.54, 1.807) is 17.6 Å².